The zero-order chi connectivity index (χ0) is 7.56. The van der Waals surface area contributed by atoms with Crippen LogP contribution in [0.3, 0.4) is 0 Å². The minimum Gasteiger partial charge on any atom is -0.269 e. The molecule has 1 aromatic rings. The number of nitro benzene ring substituents is 1. The van der Waals surface area contributed by atoms with Gasteiger partial charge in [-0.2, -0.15) is 0 Å². The number of halogens is 4. The first-order valence-corrected chi connectivity index (χ1v) is 3.40. The van der Waals surface area contributed by atoms with Crippen molar-refractivity contribution in [2.75, 3.05) is 0 Å². The predicted octanol–water partition coefficient (Wildman–Crippen LogP) is 2.81. The van der Waals surface area contributed by atoms with Crippen molar-refractivity contribution in [3.8, 4) is 0 Å². The van der Waals surface area contributed by atoms with Crippen molar-refractivity contribution in [3.63, 3.8) is 0 Å². The van der Waals surface area contributed by atoms with Crippen LogP contribution in [0, 0.1) is 10.1 Å². The summed E-state index contributed by atoms with van der Waals surface area (Å²) in [5.41, 5.74) is 0.0995. The molecule has 0 radical (unpaired) electrons. The van der Waals surface area contributed by atoms with Crippen LogP contribution >= 0.6 is 15.9 Å². The molecule has 0 aromatic heterocycles. The zero-order valence-electron chi connectivity index (χ0n) is 6.18. The lowest BCUT2D eigenvalue weighted by Crippen LogP contribution is -1.87. The molecule has 7 heteroatoms. The van der Waals surface area contributed by atoms with Gasteiger partial charge in [-0.15, -0.1) is 0 Å². The Morgan fingerprint density at radius 1 is 1.15 bits per heavy atom. The van der Waals surface area contributed by atoms with Crippen LogP contribution in [0.25, 0.3) is 0 Å². The summed E-state index contributed by atoms with van der Waals surface area (Å²) < 4.78 is 0.514. The summed E-state index contributed by atoms with van der Waals surface area (Å²) >= 11 is 3.06. The maximum absolute atomic E-state index is 10.2. The molecule has 0 spiro atoms. The molecule has 1 rings (SSSR count). The highest BCUT2D eigenvalue weighted by atomic mass is 79.9. The average molecular weight is 262 g/mol. The third-order valence-corrected chi connectivity index (χ3v) is 1.72. The van der Waals surface area contributed by atoms with E-state index in [0.29, 0.717) is 4.47 Å². The highest BCUT2D eigenvalue weighted by Gasteiger charge is 2.07. The molecule has 0 aliphatic carbocycles. The number of para-hydroxylation sites is 1. The van der Waals surface area contributed by atoms with Crippen molar-refractivity contribution in [2.24, 2.45) is 0 Å². The van der Waals surface area contributed by atoms with E-state index in [9.17, 15) is 10.1 Å². The van der Waals surface area contributed by atoms with E-state index < -0.39 is 4.92 Å². The third kappa shape index (κ3) is 4.46. The Bertz CT molecular complexity index is 272. The summed E-state index contributed by atoms with van der Waals surface area (Å²) in [6, 6.07) is 6.45. The first-order chi connectivity index (χ1) is 4.72. The zero-order valence-corrected chi connectivity index (χ0v) is 7.76. The van der Waals surface area contributed by atoms with Gasteiger partial charge in [-0.05, 0) is 22.0 Å². The van der Waals surface area contributed by atoms with Gasteiger partial charge in [-0.25, -0.2) is 0 Å². The largest absolute Gasteiger partial charge is 0.283 e. The molecule has 0 heterocycles. The monoisotopic (exact) mass is 261 g/mol. The van der Waals surface area contributed by atoms with Crippen LogP contribution in [0.2, 0.25) is 0 Å². The van der Waals surface area contributed by atoms with E-state index in [2.05, 4.69) is 15.9 Å². The number of hydrogen-bond donors (Lipinski definition) is 0. The Labute approximate surface area is 80.1 Å². The van der Waals surface area contributed by atoms with Crippen molar-refractivity contribution in [3.05, 3.63) is 38.9 Å². The van der Waals surface area contributed by atoms with E-state index in [1.54, 1.807) is 18.2 Å². The summed E-state index contributed by atoms with van der Waals surface area (Å²) in [4.78, 5) is 9.77. The normalized spacial score (nSPS) is 7.15. The second kappa shape index (κ2) is 7.53. The fraction of sp³-hybridized carbons (Fsp3) is 0. The Balaban J connectivity index is -0.000000333. The standard InChI is InChI=1S/C6H4BrNO2.3FH/c7-5-3-1-2-4-6(5)8(9)10;;;/h1-4H;3*1H. The summed E-state index contributed by atoms with van der Waals surface area (Å²) in [5, 5.41) is 10.2. The summed E-state index contributed by atoms with van der Waals surface area (Å²) in [5.74, 6) is 0. The summed E-state index contributed by atoms with van der Waals surface area (Å²) in [6.07, 6.45) is 0. The number of rotatable bonds is 1. The van der Waals surface area contributed by atoms with E-state index in [0.717, 1.165) is 0 Å². The van der Waals surface area contributed by atoms with E-state index in [4.69, 9.17) is 0 Å². The quantitative estimate of drug-likeness (QED) is 0.576. The maximum atomic E-state index is 10.2. The van der Waals surface area contributed by atoms with Crippen molar-refractivity contribution in [2.45, 2.75) is 0 Å². The van der Waals surface area contributed by atoms with Gasteiger partial charge in [0.15, 0.2) is 0 Å². The van der Waals surface area contributed by atoms with Crippen LogP contribution in [0.4, 0.5) is 19.8 Å². The first kappa shape index (κ1) is 17.8. The third-order valence-electron chi connectivity index (χ3n) is 1.05. The number of nitro groups is 1. The molecule has 0 unspecified atom stereocenters. The molecule has 0 fully saturated rings. The Kier molecular flexibility index (Phi) is 10.3. The van der Waals surface area contributed by atoms with Gasteiger partial charge in [-0.3, -0.25) is 24.2 Å². The van der Waals surface area contributed by atoms with Gasteiger partial charge < -0.3 is 0 Å². The summed E-state index contributed by atoms with van der Waals surface area (Å²) in [6.45, 7) is 0. The molecular formula is C6H7BrF3NO2. The van der Waals surface area contributed by atoms with Gasteiger partial charge in [0, 0.05) is 6.07 Å². The molecule has 0 bridgehead atoms. The first-order valence-electron chi connectivity index (χ1n) is 2.61. The lowest BCUT2D eigenvalue weighted by atomic mass is 10.3. The van der Waals surface area contributed by atoms with E-state index in [1.807, 2.05) is 0 Å². The van der Waals surface area contributed by atoms with Crippen molar-refractivity contribution in [1.29, 1.82) is 0 Å². The molecule has 76 valence electrons. The molecule has 0 saturated heterocycles. The molecule has 0 aliphatic rings. The second-order valence-corrected chi connectivity index (χ2v) is 2.56. The van der Waals surface area contributed by atoms with Crippen LogP contribution in [-0.4, -0.2) is 4.92 Å². The van der Waals surface area contributed by atoms with E-state index >= 15 is 0 Å². The Morgan fingerprint density at radius 3 is 1.92 bits per heavy atom. The summed E-state index contributed by atoms with van der Waals surface area (Å²) in [7, 11) is 0. The molecule has 1 aromatic carbocycles. The smallest absolute Gasteiger partial charge is 0.269 e. The van der Waals surface area contributed by atoms with Gasteiger partial charge in [0.1, 0.15) is 0 Å². The highest BCUT2D eigenvalue weighted by Crippen LogP contribution is 2.22. The minimum atomic E-state index is -0.427. The fourth-order valence-corrected chi connectivity index (χ4v) is 1.03. The second-order valence-electron chi connectivity index (χ2n) is 1.71. The number of hydrogen-bond acceptors (Lipinski definition) is 2. The fourth-order valence-electron chi connectivity index (χ4n) is 0.600. The van der Waals surface area contributed by atoms with Crippen LogP contribution < -0.4 is 0 Å². The molecule has 0 aliphatic heterocycles. The molecular weight excluding hydrogens is 255 g/mol. The van der Waals surface area contributed by atoms with Crippen molar-refractivity contribution in [1.82, 2.24) is 0 Å². The van der Waals surface area contributed by atoms with E-state index in [-0.39, 0.29) is 19.8 Å². The van der Waals surface area contributed by atoms with Gasteiger partial charge in [0.25, 0.3) is 5.69 Å². The SMILES string of the molecule is F.F.F.O=[N+]([O-])c1ccccc1Br. The lowest BCUT2D eigenvalue weighted by Gasteiger charge is -1.91. The molecule has 0 N–H and O–H groups in total. The van der Waals surface area contributed by atoms with E-state index in [1.165, 1.54) is 6.07 Å². The van der Waals surface area contributed by atoms with Crippen molar-refractivity contribution < 1.29 is 19.0 Å². The Hall–Kier alpha value is -1.11. The molecule has 0 saturated carbocycles. The van der Waals surface area contributed by atoms with Gasteiger partial charge >= 0.3 is 0 Å². The topological polar surface area (TPSA) is 43.1 Å². The van der Waals surface area contributed by atoms with Crippen molar-refractivity contribution >= 4 is 21.6 Å². The van der Waals surface area contributed by atoms with Gasteiger partial charge in [0.05, 0.1) is 9.40 Å². The molecule has 0 amide bonds. The minimum absolute atomic E-state index is 0. The van der Waals surface area contributed by atoms with Gasteiger partial charge in [0.2, 0.25) is 0 Å². The lowest BCUT2D eigenvalue weighted by molar-refractivity contribution is -0.385. The van der Waals surface area contributed by atoms with Crippen LogP contribution in [0.1, 0.15) is 0 Å². The molecule has 13 heavy (non-hydrogen) atoms. The molecule has 0 atom stereocenters. The average Bonchev–Trinajstić information content (AvgIpc) is 1.88. The number of nitrogens with zero attached hydrogens (tertiary/aromatic N) is 1. The van der Waals surface area contributed by atoms with Gasteiger partial charge in [-0.1, -0.05) is 12.1 Å². The van der Waals surface area contributed by atoms with Crippen LogP contribution in [-0.2, 0) is 0 Å². The van der Waals surface area contributed by atoms with Crippen LogP contribution in [0.5, 0.6) is 0 Å². The molecule has 3 nitrogen and oxygen atoms in total. The maximum Gasteiger partial charge on any atom is 0.283 e. The predicted molar refractivity (Wildman–Crippen MR) is 48.3 cm³/mol. The number of benzene rings is 1. The highest BCUT2D eigenvalue weighted by molar-refractivity contribution is 9.10. The van der Waals surface area contributed by atoms with Crippen LogP contribution in [0.15, 0.2) is 28.7 Å². The Morgan fingerprint density at radius 2 is 1.62 bits per heavy atom.